The first kappa shape index (κ1) is 24.8. The molecule has 3 N–H and O–H groups in total. The standard InChI is InChI=1S/C31H30F2N6O/c32-21-10-13-38(14-11-21)23-4-1-3-22(17-23)35-30(40)20-7-9-29-27(16-20)36-31-37-28(18-39(29)31)24-8-6-19(15-25(24)33)26-5-2-12-34-26/h1,3-4,6-9,15-18,21,26,34H,2,5,10-14H2,(H,35,40)(H,36,37)/t26-/m0/s1. The number of nitrogens with zero attached hydrogens (tertiary/aromatic N) is 3. The number of aromatic amines is 1. The van der Waals surface area contributed by atoms with E-state index in [0.29, 0.717) is 59.7 Å². The SMILES string of the molecule is O=C(Nc1cccc(N2CCC(F)CC2)c1)c1ccc2c(c1)nc1[nH]c(-c3ccc([C@@H]4CCCN4)cc3F)cn12. The molecule has 9 heteroatoms. The summed E-state index contributed by atoms with van der Waals surface area (Å²) in [5, 5.41) is 6.38. The zero-order chi connectivity index (χ0) is 27.2. The van der Waals surface area contributed by atoms with Crippen LogP contribution in [-0.2, 0) is 0 Å². The third kappa shape index (κ3) is 4.60. The second kappa shape index (κ2) is 10.1. The number of halogens is 2. The molecule has 3 aromatic carbocycles. The number of imidazole rings is 2. The van der Waals surface area contributed by atoms with Crippen molar-refractivity contribution in [1.82, 2.24) is 19.7 Å². The van der Waals surface area contributed by atoms with Gasteiger partial charge < -0.3 is 20.5 Å². The first-order valence-corrected chi connectivity index (χ1v) is 13.9. The molecule has 0 unspecified atom stereocenters. The lowest BCUT2D eigenvalue weighted by atomic mass is 10.0. The summed E-state index contributed by atoms with van der Waals surface area (Å²) < 4.78 is 30.5. The lowest BCUT2D eigenvalue weighted by Crippen LogP contribution is -2.34. The molecule has 1 amide bonds. The molecule has 2 aliphatic rings. The average molecular weight is 541 g/mol. The summed E-state index contributed by atoms with van der Waals surface area (Å²) in [5.41, 5.74) is 5.73. The minimum absolute atomic E-state index is 0.212. The fourth-order valence-electron chi connectivity index (χ4n) is 5.90. The Morgan fingerprint density at radius 1 is 1.02 bits per heavy atom. The Morgan fingerprint density at radius 3 is 2.70 bits per heavy atom. The molecule has 1 atom stereocenters. The van der Waals surface area contributed by atoms with E-state index in [9.17, 15) is 9.18 Å². The summed E-state index contributed by atoms with van der Waals surface area (Å²) in [6, 6.07) is 18.6. The highest BCUT2D eigenvalue weighted by Crippen LogP contribution is 2.30. The molecular formula is C31H30F2N6O. The van der Waals surface area contributed by atoms with Crippen LogP contribution in [0.25, 0.3) is 28.1 Å². The van der Waals surface area contributed by atoms with E-state index in [2.05, 4.69) is 25.5 Å². The van der Waals surface area contributed by atoms with E-state index in [0.717, 1.165) is 36.2 Å². The number of rotatable bonds is 5. The molecule has 0 spiro atoms. The minimum atomic E-state index is -0.734. The van der Waals surface area contributed by atoms with Gasteiger partial charge in [0.25, 0.3) is 5.91 Å². The molecule has 0 bridgehead atoms. The van der Waals surface area contributed by atoms with Gasteiger partial charge in [0, 0.05) is 47.8 Å². The van der Waals surface area contributed by atoms with Crippen LogP contribution in [0.3, 0.4) is 0 Å². The summed E-state index contributed by atoms with van der Waals surface area (Å²) in [7, 11) is 0. The Morgan fingerprint density at radius 2 is 1.90 bits per heavy atom. The third-order valence-electron chi connectivity index (χ3n) is 8.10. The van der Waals surface area contributed by atoms with Crippen LogP contribution in [0.5, 0.6) is 0 Å². The first-order chi connectivity index (χ1) is 19.5. The molecule has 0 saturated carbocycles. The van der Waals surface area contributed by atoms with E-state index in [1.165, 1.54) is 0 Å². The van der Waals surface area contributed by atoms with Crippen LogP contribution in [0, 0.1) is 5.82 Å². The highest BCUT2D eigenvalue weighted by atomic mass is 19.1. The van der Waals surface area contributed by atoms with Gasteiger partial charge in [0.2, 0.25) is 5.78 Å². The van der Waals surface area contributed by atoms with Crippen molar-refractivity contribution in [3.05, 3.63) is 83.8 Å². The number of alkyl halides is 1. The van der Waals surface area contributed by atoms with Crippen LogP contribution in [-0.4, -0.2) is 46.1 Å². The maximum absolute atomic E-state index is 15.1. The Balaban J connectivity index is 1.10. The first-order valence-electron chi connectivity index (χ1n) is 13.9. The molecule has 0 aliphatic carbocycles. The van der Waals surface area contributed by atoms with Gasteiger partial charge in [0.05, 0.1) is 16.7 Å². The Bertz CT molecular complexity index is 1710. The van der Waals surface area contributed by atoms with Gasteiger partial charge in [0.15, 0.2) is 0 Å². The van der Waals surface area contributed by atoms with Crippen molar-refractivity contribution in [2.45, 2.75) is 37.9 Å². The second-order valence-corrected chi connectivity index (χ2v) is 10.7. The van der Waals surface area contributed by atoms with Crippen molar-refractivity contribution >= 4 is 34.1 Å². The van der Waals surface area contributed by atoms with E-state index in [-0.39, 0.29) is 17.8 Å². The number of nitrogens with one attached hydrogen (secondary N) is 3. The van der Waals surface area contributed by atoms with E-state index in [4.69, 9.17) is 0 Å². The number of benzene rings is 3. The van der Waals surface area contributed by atoms with Crippen molar-refractivity contribution in [1.29, 1.82) is 0 Å². The molecule has 0 radical (unpaired) electrons. The zero-order valence-electron chi connectivity index (χ0n) is 22.0. The average Bonchev–Trinajstić information content (AvgIpc) is 3.70. The van der Waals surface area contributed by atoms with E-state index < -0.39 is 6.17 Å². The van der Waals surface area contributed by atoms with Crippen LogP contribution < -0.4 is 15.5 Å². The number of piperidine rings is 1. The van der Waals surface area contributed by atoms with E-state index in [1.807, 2.05) is 53.1 Å². The number of amides is 1. The quantitative estimate of drug-likeness (QED) is 0.247. The molecule has 2 saturated heterocycles. The summed E-state index contributed by atoms with van der Waals surface area (Å²) in [6.07, 6.45) is 4.28. The largest absolute Gasteiger partial charge is 0.371 e. The number of carbonyl (C=O) groups is 1. The maximum Gasteiger partial charge on any atom is 0.255 e. The number of fused-ring (bicyclic) bond motifs is 3. The van der Waals surface area contributed by atoms with Gasteiger partial charge in [-0.1, -0.05) is 12.1 Å². The van der Waals surface area contributed by atoms with Crippen LogP contribution in [0.1, 0.15) is 47.6 Å². The second-order valence-electron chi connectivity index (χ2n) is 10.7. The summed E-state index contributed by atoms with van der Waals surface area (Å²) in [5.74, 6) is 0.0703. The van der Waals surface area contributed by atoms with Crippen molar-refractivity contribution in [3.8, 4) is 11.3 Å². The zero-order valence-corrected chi connectivity index (χ0v) is 22.0. The number of aromatic nitrogens is 3. The monoisotopic (exact) mass is 540 g/mol. The molecule has 2 aliphatic heterocycles. The van der Waals surface area contributed by atoms with Gasteiger partial charge in [0.1, 0.15) is 12.0 Å². The molecule has 5 aromatic rings. The van der Waals surface area contributed by atoms with Crippen LogP contribution in [0.4, 0.5) is 20.2 Å². The van der Waals surface area contributed by atoms with Gasteiger partial charge in [-0.2, -0.15) is 0 Å². The van der Waals surface area contributed by atoms with Gasteiger partial charge in [-0.15, -0.1) is 0 Å². The Labute approximate surface area is 230 Å². The van der Waals surface area contributed by atoms with E-state index in [1.54, 1.807) is 18.2 Å². The normalized spacial score (nSPS) is 18.1. The van der Waals surface area contributed by atoms with Gasteiger partial charge in [-0.3, -0.25) is 9.20 Å². The number of carbonyl (C=O) groups excluding carboxylic acids is 1. The van der Waals surface area contributed by atoms with Crippen molar-refractivity contribution in [2.24, 2.45) is 0 Å². The molecule has 2 aromatic heterocycles. The minimum Gasteiger partial charge on any atom is -0.371 e. The lowest BCUT2D eigenvalue weighted by molar-refractivity contribution is 0.102. The molecule has 4 heterocycles. The molecule has 2 fully saturated rings. The fourth-order valence-corrected chi connectivity index (χ4v) is 5.90. The predicted molar refractivity (Wildman–Crippen MR) is 153 cm³/mol. The summed E-state index contributed by atoms with van der Waals surface area (Å²) in [4.78, 5) is 23.1. The Kier molecular flexibility index (Phi) is 6.23. The lowest BCUT2D eigenvalue weighted by Gasteiger charge is -2.30. The smallest absolute Gasteiger partial charge is 0.255 e. The highest BCUT2D eigenvalue weighted by molar-refractivity contribution is 6.06. The van der Waals surface area contributed by atoms with Crippen molar-refractivity contribution in [3.63, 3.8) is 0 Å². The van der Waals surface area contributed by atoms with Crippen molar-refractivity contribution < 1.29 is 13.6 Å². The third-order valence-corrected chi connectivity index (χ3v) is 8.10. The molecule has 40 heavy (non-hydrogen) atoms. The number of hydrogen-bond donors (Lipinski definition) is 3. The van der Waals surface area contributed by atoms with Crippen molar-refractivity contribution in [2.75, 3.05) is 29.9 Å². The van der Waals surface area contributed by atoms with Crippen LogP contribution in [0.2, 0.25) is 0 Å². The van der Waals surface area contributed by atoms with Gasteiger partial charge in [-0.05, 0) is 86.3 Å². The molecule has 7 rings (SSSR count). The number of H-pyrrole nitrogens is 1. The highest BCUT2D eigenvalue weighted by Gasteiger charge is 2.21. The van der Waals surface area contributed by atoms with Gasteiger partial charge >= 0.3 is 0 Å². The number of anilines is 2. The van der Waals surface area contributed by atoms with E-state index >= 15 is 4.39 Å². The maximum atomic E-state index is 15.1. The fraction of sp³-hybridized carbons (Fsp3) is 0.290. The summed E-state index contributed by atoms with van der Waals surface area (Å²) >= 11 is 0. The van der Waals surface area contributed by atoms with Crippen LogP contribution in [0.15, 0.2) is 66.9 Å². The molecule has 204 valence electrons. The number of hydrogen-bond acceptors (Lipinski definition) is 4. The molecular weight excluding hydrogens is 510 g/mol. The van der Waals surface area contributed by atoms with Gasteiger partial charge in [-0.25, -0.2) is 13.8 Å². The predicted octanol–water partition coefficient (Wildman–Crippen LogP) is 6.24. The van der Waals surface area contributed by atoms with Crippen LogP contribution >= 0.6 is 0 Å². The topological polar surface area (TPSA) is 77.5 Å². The summed E-state index contributed by atoms with van der Waals surface area (Å²) in [6.45, 7) is 2.30. The molecule has 7 nitrogen and oxygen atoms in total. The Hall–Kier alpha value is -4.24.